The minimum atomic E-state index is -3.61. The normalized spacial score (nSPS) is 19.0. The number of piperidine rings is 1. The number of likely N-dealkylation sites (tertiary alicyclic amines) is 1. The number of hydrogen-bond donors (Lipinski definition) is 2. The molecule has 1 aromatic rings. The van der Waals surface area contributed by atoms with Gasteiger partial charge in [0.1, 0.15) is 5.82 Å². The molecule has 1 heterocycles. The molecule has 1 aliphatic heterocycles. The third-order valence-electron chi connectivity index (χ3n) is 4.68. The summed E-state index contributed by atoms with van der Waals surface area (Å²) in [5, 5.41) is 3.56. The van der Waals surface area contributed by atoms with Gasteiger partial charge in [-0.3, -0.25) is 9.52 Å². The molecule has 8 heteroatoms. The number of amides is 1. The van der Waals surface area contributed by atoms with Gasteiger partial charge in [-0.05, 0) is 56.3 Å². The van der Waals surface area contributed by atoms with Crippen LogP contribution in [0.2, 0.25) is 0 Å². The molecular formula is C17H24FN3O3S. The molecule has 1 aromatic carbocycles. The Labute approximate surface area is 147 Å². The number of hydrogen-bond acceptors (Lipinski definition) is 4. The van der Waals surface area contributed by atoms with Gasteiger partial charge in [-0.1, -0.05) is 0 Å². The number of nitrogens with zero attached hydrogens (tertiary/aromatic N) is 1. The van der Waals surface area contributed by atoms with Gasteiger partial charge in [-0.25, -0.2) is 12.8 Å². The molecule has 25 heavy (non-hydrogen) atoms. The maximum Gasteiger partial charge on any atom is 0.253 e. The summed E-state index contributed by atoms with van der Waals surface area (Å²) in [5.74, 6) is -0.0678. The van der Waals surface area contributed by atoms with Crippen molar-refractivity contribution in [3.8, 4) is 0 Å². The highest BCUT2D eigenvalue weighted by atomic mass is 32.2. The lowest BCUT2D eigenvalue weighted by Gasteiger charge is -2.32. The minimum Gasteiger partial charge on any atom is -0.339 e. The van der Waals surface area contributed by atoms with Gasteiger partial charge in [0.2, 0.25) is 10.0 Å². The Morgan fingerprint density at radius 1 is 1.24 bits per heavy atom. The molecule has 1 saturated heterocycles. The van der Waals surface area contributed by atoms with Crippen LogP contribution in [0.15, 0.2) is 18.2 Å². The molecule has 2 N–H and O–H groups in total. The lowest BCUT2D eigenvalue weighted by molar-refractivity contribution is 0.0705. The van der Waals surface area contributed by atoms with Crippen LogP contribution in [0, 0.1) is 11.7 Å². The fourth-order valence-corrected chi connectivity index (χ4v) is 3.62. The van der Waals surface area contributed by atoms with Crippen molar-refractivity contribution < 1.29 is 17.6 Å². The first-order valence-corrected chi connectivity index (χ1v) is 10.5. The zero-order valence-electron chi connectivity index (χ0n) is 14.3. The highest BCUT2D eigenvalue weighted by molar-refractivity contribution is 7.92. The Kier molecular flexibility index (Phi) is 5.29. The van der Waals surface area contributed by atoms with Crippen molar-refractivity contribution in [1.82, 2.24) is 10.2 Å². The molecule has 0 unspecified atom stereocenters. The van der Waals surface area contributed by atoms with Gasteiger partial charge < -0.3 is 10.2 Å². The predicted molar refractivity (Wildman–Crippen MR) is 94.5 cm³/mol. The molecule has 6 nitrogen and oxygen atoms in total. The fraction of sp³-hybridized carbons (Fsp3) is 0.588. The van der Waals surface area contributed by atoms with Crippen molar-refractivity contribution >= 4 is 21.6 Å². The minimum absolute atomic E-state index is 0.197. The van der Waals surface area contributed by atoms with E-state index in [1.165, 1.54) is 25.0 Å². The number of carbonyl (C=O) groups is 1. The highest BCUT2D eigenvalue weighted by Crippen LogP contribution is 2.28. The van der Waals surface area contributed by atoms with Crippen molar-refractivity contribution in [2.75, 3.05) is 30.6 Å². The van der Waals surface area contributed by atoms with Gasteiger partial charge >= 0.3 is 0 Å². The average Bonchev–Trinajstić information content (AvgIpc) is 3.38. The number of benzene rings is 1. The molecular weight excluding hydrogens is 345 g/mol. The largest absolute Gasteiger partial charge is 0.339 e. The standard InChI is InChI=1S/C17H24FN3O3S/c1-25(23,24)20-16-10-13(4-5-15(16)18)17(22)21-8-6-14(7-9-21)19-11-12-2-3-12/h4-5,10,12,14,19-20H,2-3,6-9,11H2,1H3. The van der Waals surface area contributed by atoms with Crippen LogP contribution < -0.4 is 10.0 Å². The van der Waals surface area contributed by atoms with E-state index in [9.17, 15) is 17.6 Å². The van der Waals surface area contributed by atoms with E-state index in [0.717, 1.165) is 37.6 Å². The van der Waals surface area contributed by atoms with E-state index in [1.54, 1.807) is 4.90 Å². The molecule has 138 valence electrons. The summed E-state index contributed by atoms with van der Waals surface area (Å²) in [6.45, 7) is 2.36. The number of nitrogens with one attached hydrogen (secondary N) is 2. The first kappa shape index (κ1) is 18.1. The van der Waals surface area contributed by atoms with E-state index in [1.807, 2.05) is 0 Å². The summed E-state index contributed by atoms with van der Waals surface area (Å²) in [4.78, 5) is 14.4. The summed E-state index contributed by atoms with van der Waals surface area (Å²) in [6.07, 6.45) is 5.38. The van der Waals surface area contributed by atoms with E-state index in [2.05, 4.69) is 10.0 Å². The van der Waals surface area contributed by atoms with Crippen LogP contribution >= 0.6 is 0 Å². The van der Waals surface area contributed by atoms with Crippen molar-refractivity contribution in [3.63, 3.8) is 0 Å². The number of rotatable bonds is 6. The first-order valence-electron chi connectivity index (χ1n) is 8.62. The van der Waals surface area contributed by atoms with E-state index < -0.39 is 15.8 Å². The van der Waals surface area contributed by atoms with Crippen molar-refractivity contribution in [2.24, 2.45) is 5.92 Å². The van der Waals surface area contributed by atoms with Crippen LogP contribution in [-0.4, -0.2) is 51.2 Å². The lowest BCUT2D eigenvalue weighted by Crippen LogP contribution is -2.45. The second-order valence-electron chi connectivity index (χ2n) is 6.99. The van der Waals surface area contributed by atoms with Crippen molar-refractivity contribution in [3.05, 3.63) is 29.6 Å². The molecule has 0 bridgehead atoms. The van der Waals surface area contributed by atoms with Crippen molar-refractivity contribution in [2.45, 2.75) is 31.7 Å². The molecule has 2 aliphatic rings. The van der Waals surface area contributed by atoms with Crippen LogP contribution in [0.5, 0.6) is 0 Å². The van der Waals surface area contributed by atoms with Crippen LogP contribution in [0.1, 0.15) is 36.0 Å². The average molecular weight is 369 g/mol. The number of anilines is 1. The van der Waals surface area contributed by atoms with E-state index in [0.29, 0.717) is 19.1 Å². The zero-order chi connectivity index (χ0) is 18.0. The lowest BCUT2D eigenvalue weighted by atomic mass is 10.0. The Balaban J connectivity index is 1.60. The molecule has 0 radical (unpaired) electrons. The van der Waals surface area contributed by atoms with Crippen LogP contribution in [-0.2, 0) is 10.0 Å². The molecule has 1 aliphatic carbocycles. The van der Waals surface area contributed by atoms with Crippen LogP contribution in [0.4, 0.5) is 10.1 Å². The van der Waals surface area contributed by atoms with Crippen molar-refractivity contribution in [1.29, 1.82) is 0 Å². The number of sulfonamides is 1. The van der Waals surface area contributed by atoms with Gasteiger partial charge in [0.15, 0.2) is 0 Å². The highest BCUT2D eigenvalue weighted by Gasteiger charge is 2.26. The third-order valence-corrected chi connectivity index (χ3v) is 5.27. The molecule has 1 amide bonds. The van der Waals surface area contributed by atoms with Crippen LogP contribution in [0.25, 0.3) is 0 Å². The van der Waals surface area contributed by atoms with Gasteiger partial charge in [-0.15, -0.1) is 0 Å². The Morgan fingerprint density at radius 3 is 2.52 bits per heavy atom. The monoisotopic (exact) mass is 369 g/mol. The van der Waals surface area contributed by atoms with E-state index >= 15 is 0 Å². The smallest absolute Gasteiger partial charge is 0.253 e. The Morgan fingerprint density at radius 2 is 1.92 bits per heavy atom. The molecule has 0 spiro atoms. The van der Waals surface area contributed by atoms with Gasteiger partial charge in [0.25, 0.3) is 5.91 Å². The predicted octanol–water partition coefficient (Wildman–Crippen LogP) is 1.80. The van der Waals surface area contributed by atoms with E-state index in [4.69, 9.17) is 0 Å². The van der Waals surface area contributed by atoms with Gasteiger partial charge in [0.05, 0.1) is 11.9 Å². The SMILES string of the molecule is CS(=O)(=O)Nc1cc(C(=O)N2CCC(NCC3CC3)CC2)ccc1F. The second kappa shape index (κ2) is 7.29. The summed E-state index contributed by atoms with van der Waals surface area (Å²) < 4.78 is 38.5. The molecule has 1 saturated carbocycles. The maximum absolute atomic E-state index is 13.8. The number of halogens is 1. The zero-order valence-corrected chi connectivity index (χ0v) is 15.1. The molecule has 0 atom stereocenters. The topological polar surface area (TPSA) is 78.5 Å². The summed E-state index contributed by atoms with van der Waals surface area (Å²) in [5.41, 5.74) is 0.0891. The molecule has 3 rings (SSSR count). The van der Waals surface area contributed by atoms with Crippen LogP contribution in [0.3, 0.4) is 0 Å². The fourth-order valence-electron chi connectivity index (χ4n) is 3.06. The summed E-state index contributed by atoms with van der Waals surface area (Å²) in [6, 6.07) is 4.21. The second-order valence-corrected chi connectivity index (χ2v) is 8.74. The Hall–Kier alpha value is -1.67. The van der Waals surface area contributed by atoms with Gasteiger partial charge in [0, 0.05) is 24.7 Å². The first-order chi connectivity index (χ1) is 11.8. The maximum atomic E-state index is 13.8. The molecule has 0 aromatic heterocycles. The Bertz CT molecular complexity index is 742. The number of carbonyl (C=O) groups excluding carboxylic acids is 1. The summed E-state index contributed by atoms with van der Waals surface area (Å²) in [7, 11) is -3.61. The third kappa shape index (κ3) is 5.15. The molecule has 2 fully saturated rings. The summed E-state index contributed by atoms with van der Waals surface area (Å²) >= 11 is 0. The quantitative estimate of drug-likeness (QED) is 0.802. The van der Waals surface area contributed by atoms with E-state index in [-0.39, 0.29) is 17.2 Å². The van der Waals surface area contributed by atoms with Gasteiger partial charge in [-0.2, -0.15) is 0 Å².